The number of pyridine rings is 1. The van der Waals surface area contributed by atoms with Gasteiger partial charge in [-0.25, -0.2) is 0 Å². The van der Waals surface area contributed by atoms with E-state index in [1.165, 1.54) is 9.75 Å². The first kappa shape index (κ1) is 11.7. The molecule has 2 nitrogen and oxygen atoms in total. The summed E-state index contributed by atoms with van der Waals surface area (Å²) < 4.78 is 0. The number of hydrogen-bond donors (Lipinski definition) is 0. The Kier molecular flexibility index (Phi) is 3.49. The quantitative estimate of drug-likeness (QED) is 0.608. The van der Waals surface area contributed by atoms with Gasteiger partial charge < -0.3 is 0 Å². The molecule has 0 aliphatic carbocycles. The summed E-state index contributed by atoms with van der Waals surface area (Å²) in [5.74, 6) is -0.0126. The van der Waals surface area contributed by atoms with Gasteiger partial charge in [0.15, 0.2) is 5.78 Å². The molecule has 0 spiro atoms. The molecule has 2 heterocycles. The normalized spacial score (nSPS) is 10.9. The minimum absolute atomic E-state index is 0.0126. The molecule has 0 unspecified atom stereocenters. The molecule has 0 saturated carbocycles. The Labute approximate surface area is 105 Å². The maximum atomic E-state index is 11.8. The zero-order chi connectivity index (χ0) is 12.3. The Morgan fingerprint density at radius 2 is 2.24 bits per heavy atom. The first-order valence-electron chi connectivity index (χ1n) is 5.36. The number of carbonyl (C=O) groups is 1. The van der Waals surface area contributed by atoms with E-state index < -0.39 is 0 Å². The lowest BCUT2D eigenvalue weighted by Gasteiger charge is -1.93. The second-order valence-electron chi connectivity index (χ2n) is 3.81. The van der Waals surface area contributed by atoms with E-state index in [9.17, 15) is 4.79 Å². The number of thiophene rings is 1. The van der Waals surface area contributed by atoms with Crippen LogP contribution in [-0.2, 0) is 0 Å². The van der Waals surface area contributed by atoms with Gasteiger partial charge in [0, 0.05) is 27.7 Å². The summed E-state index contributed by atoms with van der Waals surface area (Å²) in [5, 5.41) is 0. The number of nitrogens with zero attached hydrogens (tertiary/aromatic N) is 1. The van der Waals surface area contributed by atoms with Crippen LogP contribution in [0.25, 0.3) is 6.08 Å². The van der Waals surface area contributed by atoms with Crippen molar-refractivity contribution < 1.29 is 4.79 Å². The predicted molar refractivity (Wildman–Crippen MR) is 71.4 cm³/mol. The number of carbonyl (C=O) groups excluding carboxylic acids is 1. The molecule has 0 aliphatic rings. The Balaban J connectivity index is 2.17. The molecule has 2 rings (SSSR count). The van der Waals surface area contributed by atoms with Crippen molar-refractivity contribution in [2.24, 2.45) is 0 Å². The molecule has 17 heavy (non-hydrogen) atoms. The first-order chi connectivity index (χ1) is 8.16. The lowest BCUT2D eigenvalue weighted by molar-refractivity contribution is 0.104. The third-order valence-corrected chi connectivity index (χ3v) is 3.42. The van der Waals surface area contributed by atoms with Crippen LogP contribution in [-0.4, -0.2) is 10.8 Å². The van der Waals surface area contributed by atoms with E-state index in [4.69, 9.17) is 0 Å². The standard InChI is InChI=1S/C14H13NOS/c1-10-8-12(11(2)17-10)5-6-14(16)13-4-3-7-15-9-13/h3-9H,1-2H3/b6-5+. The molecule has 86 valence electrons. The van der Waals surface area contributed by atoms with Crippen LogP contribution in [0.5, 0.6) is 0 Å². The SMILES string of the molecule is Cc1cc(/C=C/C(=O)c2cccnc2)c(C)s1. The van der Waals surface area contributed by atoms with Crippen molar-refractivity contribution in [1.82, 2.24) is 4.98 Å². The van der Waals surface area contributed by atoms with Crippen LogP contribution in [0.1, 0.15) is 25.7 Å². The molecule has 0 bridgehead atoms. The van der Waals surface area contributed by atoms with E-state index in [1.807, 2.05) is 6.08 Å². The topological polar surface area (TPSA) is 30.0 Å². The number of ketones is 1. The summed E-state index contributed by atoms with van der Waals surface area (Å²) in [6.45, 7) is 4.13. The molecule has 0 atom stereocenters. The molecule has 0 fully saturated rings. The van der Waals surface area contributed by atoms with Crippen molar-refractivity contribution in [3.8, 4) is 0 Å². The van der Waals surface area contributed by atoms with Crippen LogP contribution in [0.4, 0.5) is 0 Å². The average Bonchev–Trinajstić information content (AvgIpc) is 2.66. The largest absolute Gasteiger partial charge is 0.289 e. The molecule has 2 aromatic rings. The maximum absolute atomic E-state index is 11.8. The van der Waals surface area contributed by atoms with Crippen LogP contribution in [0.15, 0.2) is 36.7 Å². The number of aromatic nitrogens is 1. The lowest BCUT2D eigenvalue weighted by atomic mass is 10.1. The van der Waals surface area contributed by atoms with Gasteiger partial charge in [0.05, 0.1) is 0 Å². The summed E-state index contributed by atoms with van der Waals surface area (Å²) in [5.41, 5.74) is 1.73. The minimum atomic E-state index is -0.0126. The van der Waals surface area contributed by atoms with E-state index in [0.29, 0.717) is 5.56 Å². The fourth-order valence-corrected chi connectivity index (χ4v) is 2.50. The predicted octanol–water partition coefficient (Wildman–Crippen LogP) is 3.66. The number of rotatable bonds is 3. The van der Waals surface area contributed by atoms with Gasteiger partial charge in [0.25, 0.3) is 0 Å². The van der Waals surface area contributed by atoms with E-state index in [1.54, 1.807) is 41.9 Å². The lowest BCUT2D eigenvalue weighted by Crippen LogP contribution is -1.93. The van der Waals surface area contributed by atoms with Gasteiger partial charge in [-0.05, 0) is 49.8 Å². The zero-order valence-corrected chi connectivity index (χ0v) is 10.6. The maximum Gasteiger partial charge on any atom is 0.187 e. The second-order valence-corrected chi connectivity index (χ2v) is 5.27. The van der Waals surface area contributed by atoms with Crippen molar-refractivity contribution in [2.45, 2.75) is 13.8 Å². The molecule has 0 aromatic carbocycles. The van der Waals surface area contributed by atoms with E-state index in [-0.39, 0.29) is 5.78 Å². The van der Waals surface area contributed by atoms with Crippen molar-refractivity contribution in [3.63, 3.8) is 0 Å². The fourth-order valence-electron chi connectivity index (χ4n) is 1.59. The second kappa shape index (κ2) is 5.06. The summed E-state index contributed by atoms with van der Waals surface area (Å²) in [7, 11) is 0. The van der Waals surface area contributed by atoms with Crippen LogP contribution < -0.4 is 0 Å². The Hall–Kier alpha value is -1.74. The highest BCUT2D eigenvalue weighted by molar-refractivity contribution is 7.12. The highest BCUT2D eigenvalue weighted by Gasteiger charge is 2.02. The molecule has 2 aromatic heterocycles. The molecular formula is C14H13NOS. The number of allylic oxidation sites excluding steroid dienone is 1. The fraction of sp³-hybridized carbons (Fsp3) is 0.143. The van der Waals surface area contributed by atoms with E-state index in [0.717, 1.165) is 5.56 Å². The van der Waals surface area contributed by atoms with Crippen molar-refractivity contribution in [2.75, 3.05) is 0 Å². The first-order valence-corrected chi connectivity index (χ1v) is 6.18. The Bertz CT molecular complexity index is 555. The van der Waals surface area contributed by atoms with Crippen LogP contribution in [0.2, 0.25) is 0 Å². The van der Waals surface area contributed by atoms with Gasteiger partial charge in [0.1, 0.15) is 0 Å². The summed E-state index contributed by atoms with van der Waals surface area (Å²) in [4.78, 5) is 18.2. The highest BCUT2D eigenvalue weighted by Crippen LogP contribution is 2.21. The molecular weight excluding hydrogens is 230 g/mol. The van der Waals surface area contributed by atoms with Gasteiger partial charge in [-0.2, -0.15) is 0 Å². The van der Waals surface area contributed by atoms with Crippen LogP contribution in [0, 0.1) is 13.8 Å². The van der Waals surface area contributed by atoms with Crippen LogP contribution >= 0.6 is 11.3 Å². The van der Waals surface area contributed by atoms with Gasteiger partial charge in [-0.15, -0.1) is 11.3 Å². The Morgan fingerprint density at radius 3 is 2.82 bits per heavy atom. The molecule has 0 aliphatic heterocycles. The van der Waals surface area contributed by atoms with E-state index >= 15 is 0 Å². The van der Waals surface area contributed by atoms with Crippen molar-refractivity contribution in [3.05, 3.63) is 57.6 Å². The van der Waals surface area contributed by atoms with Crippen LogP contribution in [0.3, 0.4) is 0 Å². The van der Waals surface area contributed by atoms with Gasteiger partial charge in [-0.3, -0.25) is 9.78 Å². The van der Waals surface area contributed by atoms with Crippen molar-refractivity contribution >= 4 is 23.2 Å². The highest BCUT2D eigenvalue weighted by atomic mass is 32.1. The average molecular weight is 243 g/mol. The Morgan fingerprint density at radius 1 is 1.41 bits per heavy atom. The van der Waals surface area contributed by atoms with E-state index in [2.05, 4.69) is 24.9 Å². The molecule has 0 radical (unpaired) electrons. The molecule has 0 amide bonds. The minimum Gasteiger partial charge on any atom is -0.289 e. The monoisotopic (exact) mass is 243 g/mol. The third-order valence-electron chi connectivity index (χ3n) is 2.44. The summed E-state index contributed by atoms with van der Waals surface area (Å²) in [6.07, 6.45) is 6.71. The number of hydrogen-bond acceptors (Lipinski definition) is 3. The third kappa shape index (κ3) is 2.88. The van der Waals surface area contributed by atoms with Gasteiger partial charge in [0.2, 0.25) is 0 Å². The molecule has 3 heteroatoms. The summed E-state index contributed by atoms with van der Waals surface area (Å²) >= 11 is 1.74. The van der Waals surface area contributed by atoms with Gasteiger partial charge >= 0.3 is 0 Å². The molecule has 0 N–H and O–H groups in total. The smallest absolute Gasteiger partial charge is 0.187 e. The number of aryl methyl sites for hydroxylation is 2. The zero-order valence-electron chi connectivity index (χ0n) is 9.81. The van der Waals surface area contributed by atoms with Crippen molar-refractivity contribution in [1.29, 1.82) is 0 Å². The van der Waals surface area contributed by atoms with Gasteiger partial charge in [-0.1, -0.05) is 0 Å². The summed E-state index contributed by atoms with van der Waals surface area (Å²) in [6, 6.07) is 5.62. The molecule has 0 saturated heterocycles.